The van der Waals surface area contributed by atoms with Gasteiger partial charge in [0.2, 0.25) is 0 Å². The first-order valence-electron chi connectivity index (χ1n) is 13.7. The van der Waals surface area contributed by atoms with Crippen LogP contribution in [0, 0.1) is 6.92 Å². The van der Waals surface area contributed by atoms with Crippen molar-refractivity contribution in [3.8, 4) is 11.5 Å². The number of carbonyl (C=O) groups excluding carboxylic acids is 2. The van der Waals surface area contributed by atoms with Gasteiger partial charge < -0.3 is 20.1 Å². The number of alkyl halides is 3. The lowest BCUT2D eigenvalue weighted by Crippen LogP contribution is -2.40. The van der Waals surface area contributed by atoms with Gasteiger partial charge >= 0.3 is 12.1 Å². The highest BCUT2D eigenvalue weighted by molar-refractivity contribution is 5.98. The molecule has 0 unspecified atom stereocenters. The first-order valence-corrected chi connectivity index (χ1v) is 13.7. The molecule has 0 radical (unpaired) electrons. The predicted octanol–water partition coefficient (Wildman–Crippen LogP) is 6.74. The van der Waals surface area contributed by atoms with Crippen LogP contribution in [-0.2, 0) is 11.4 Å². The van der Waals surface area contributed by atoms with Crippen LogP contribution < -0.4 is 20.1 Å². The highest BCUT2D eigenvalue weighted by atomic mass is 19.4. The number of para-hydroxylation sites is 1. The van der Waals surface area contributed by atoms with Gasteiger partial charge in [-0.15, -0.1) is 0 Å². The van der Waals surface area contributed by atoms with E-state index in [2.05, 4.69) is 15.4 Å². The van der Waals surface area contributed by atoms with Crippen LogP contribution in [0.5, 0.6) is 11.5 Å². The molecule has 0 saturated heterocycles. The summed E-state index contributed by atoms with van der Waals surface area (Å²) in [7, 11) is 0. The van der Waals surface area contributed by atoms with E-state index < -0.39 is 23.8 Å². The maximum absolute atomic E-state index is 13.1. The van der Waals surface area contributed by atoms with Gasteiger partial charge in [0.05, 0.1) is 11.1 Å². The number of pyridine rings is 1. The Kier molecular flexibility index (Phi) is 8.61. The molecular formula is C32H30F3N3O4. The van der Waals surface area contributed by atoms with Gasteiger partial charge in [-0.2, -0.15) is 13.2 Å². The third kappa shape index (κ3) is 7.18. The van der Waals surface area contributed by atoms with Gasteiger partial charge in [0.15, 0.2) is 0 Å². The fraction of sp³-hybridized carbons (Fsp3) is 0.281. The summed E-state index contributed by atoms with van der Waals surface area (Å²) in [6.45, 7) is 2.19. The van der Waals surface area contributed by atoms with E-state index >= 15 is 0 Å². The largest absolute Gasteiger partial charge is 0.491 e. The first kappa shape index (κ1) is 28.9. The van der Waals surface area contributed by atoms with Gasteiger partial charge in [-0.3, -0.25) is 4.79 Å². The number of nitrogens with one attached hydrogen (secondary N) is 2. The highest BCUT2D eigenvalue weighted by Crippen LogP contribution is 2.30. The standard InChI is InChI=1S/C32H30F3N3O4/c1-20-17-29(38-27-10-6-5-9-25(20)27)36-22-11-13-23(14-12-22)37-30(39)26-16-15-24(41-19-21-7-3-2-4-8-21)18-28(26)42-31(40)32(33,34)35/h2-10,15-18,22-23H,11-14,19H2,1H3,(H,36,38)(H,37,39). The van der Waals surface area contributed by atoms with Crippen molar-refractivity contribution >= 4 is 28.6 Å². The molecule has 1 heterocycles. The average molecular weight is 578 g/mol. The maximum atomic E-state index is 13.1. The molecule has 0 aliphatic heterocycles. The van der Waals surface area contributed by atoms with Crippen LogP contribution in [-0.4, -0.2) is 35.1 Å². The Hall–Kier alpha value is -4.60. The number of benzene rings is 3. The van der Waals surface area contributed by atoms with Crippen LogP contribution in [0.3, 0.4) is 0 Å². The van der Waals surface area contributed by atoms with Gasteiger partial charge in [-0.05, 0) is 68.0 Å². The number of rotatable bonds is 8. The lowest BCUT2D eigenvalue weighted by Gasteiger charge is -2.30. The predicted molar refractivity (Wildman–Crippen MR) is 153 cm³/mol. The lowest BCUT2D eigenvalue weighted by atomic mass is 9.91. The molecule has 1 fully saturated rings. The van der Waals surface area contributed by atoms with Crippen LogP contribution in [0.15, 0.2) is 78.9 Å². The molecule has 218 valence electrons. The second kappa shape index (κ2) is 12.5. The third-order valence-electron chi connectivity index (χ3n) is 7.22. The van der Waals surface area contributed by atoms with E-state index in [-0.39, 0.29) is 30.0 Å². The van der Waals surface area contributed by atoms with Crippen molar-refractivity contribution in [2.45, 2.75) is 57.5 Å². The third-order valence-corrected chi connectivity index (χ3v) is 7.22. The van der Waals surface area contributed by atoms with E-state index in [1.54, 1.807) is 0 Å². The molecule has 5 rings (SSSR count). The molecule has 2 N–H and O–H groups in total. The topological polar surface area (TPSA) is 89.5 Å². The molecule has 0 bridgehead atoms. The minimum absolute atomic E-state index is 0.143. The van der Waals surface area contributed by atoms with Gasteiger partial charge in [0, 0.05) is 23.5 Å². The Bertz CT molecular complexity index is 1570. The Labute approximate surface area is 241 Å². The number of ether oxygens (including phenoxy) is 2. The minimum atomic E-state index is -5.22. The molecule has 1 aliphatic carbocycles. The number of aryl methyl sites for hydroxylation is 1. The molecule has 1 amide bonds. The number of anilines is 1. The van der Waals surface area contributed by atoms with Crippen LogP contribution in [0.25, 0.3) is 10.9 Å². The maximum Gasteiger partial charge on any atom is 0.491 e. The summed E-state index contributed by atoms with van der Waals surface area (Å²) < 4.78 is 49.2. The van der Waals surface area contributed by atoms with E-state index in [1.165, 1.54) is 12.1 Å². The lowest BCUT2D eigenvalue weighted by molar-refractivity contribution is -0.189. The van der Waals surface area contributed by atoms with Crippen molar-refractivity contribution in [1.29, 1.82) is 0 Å². The van der Waals surface area contributed by atoms with Gasteiger partial charge in [-0.25, -0.2) is 9.78 Å². The molecule has 42 heavy (non-hydrogen) atoms. The monoisotopic (exact) mass is 577 g/mol. The SMILES string of the molecule is Cc1cc(NC2CCC(NC(=O)c3ccc(OCc4ccccc4)cc3OC(=O)C(F)(F)F)CC2)nc2ccccc12. The smallest absolute Gasteiger partial charge is 0.489 e. The summed E-state index contributed by atoms with van der Waals surface area (Å²) in [6, 6.07) is 23.0. The number of amides is 1. The van der Waals surface area contributed by atoms with Crippen molar-refractivity contribution in [1.82, 2.24) is 10.3 Å². The van der Waals surface area contributed by atoms with Gasteiger partial charge in [0.25, 0.3) is 5.91 Å². The summed E-state index contributed by atoms with van der Waals surface area (Å²) in [5.74, 6) is -2.61. The van der Waals surface area contributed by atoms with E-state index in [0.717, 1.165) is 46.8 Å². The average Bonchev–Trinajstić information content (AvgIpc) is 2.97. The van der Waals surface area contributed by atoms with E-state index in [4.69, 9.17) is 9.72 Å². The van der Waals surface area contributed by atoms with Crippen molar-refractivity contribution in [2.75, 3.05) is 5.32 Å². The summed E-state index contributed by atoms with van der Waals surface area (Å²) in [4.78, 5) is 29.5. The molecular weight excluding hydrogens is 547 g/mol. The van der Waals surface area contributed by atoms with E-state index in [1.807, 2.05) is 67.6 Å². The van der Waals surface area contributed by atoms with Gasteiger partial charge in [-0.1, -0.05) is 48.5 Å². The summed E-state index contributed by atoms with van der Waals surface area (Å²) in [5.41, 5.74) is 2.70. The summed E-state index contributed by atoms with van der Waals surface area (Å²) >= 11 is 0. The Morgan fingerprint density at radius 3 is 2.33 bits per heavy atom. The molecule has 1 aromatic heterocycles. The molecule has 0 atom stereocenters. The zero-order valence-corrected chi connectivity index (χ0v) is 22.9. The molecule has 1 aliphatic rings. The number of fused-ring (bicyclic) bond motifs is 1. The molecule has 1 saturated carbocycles. The molecule has 7 nitrogen and oxygen atoms in total. The summed E-state index contributed by atoms with van der Waals surface area (Å²) in [5, 5.41) is 7.48. The van der Waals surface area contributed by atoms with Crippen LogP contribution in [0.2, 0.25) is 0 Å². The number of halogens is 3. The van der Waals surface area contributed by atoms with Crippen LogP contribution >= 0.6 is 0 Å². The highest BCUT2D eigenvalue weighted by Gasteiger charge is 2.42. The molecule has 4 aromatic rings. The van der Waals surface area contributed by atoms with Crippen LogP contribution in [0.4, 0.5) is 19.0 Å². The minimum Gasteiger partial charge on any atom is -0.489 e. The normalized spacial score (nSPS) is 17.0. The zero-order chi connectivity index (χ0) is 29.7. The van der Waals surface area contributed by atoms with Crippen molar-refractivity contribution in [2.24, 2.45) is 0 Å². The second-order valence-corrected chi connectivity index (χ2v) is 10.3. The number of carbonyl (C=O) groups is 2. The van der Waals surface area contributed by atoms with Crippen molar-refractivity contribution in [3.63, 3.8) is 0 Å². The number of hydrogen-bond donors (Lipinski definition) is 2. The Balaban J connectivity index is 1.22. The number of aromatic nitrogens is 1. The zero-order valence-electron chi connectivity index (χ0n) is 22.9. The first-order chi connectivity index (χ1) is 20.2. The number of nitrogens with zero attached hydrogens (tertiary/aromatic N) is 1. The summed E-state index contributed by atoms with van der Waals surface area (Å²) in [6.07, 6.45) is -2.38. The van der Waals surface area contributed by atoms with E-state index in [0.29, 0.717) is 12.8 Å². The molecule has 0 spiro atoms. The molecule has 10 heteroatoms. The Morgan fingerprint density at radius 2 is 1.60 bits per heavy atom. The van der Waals surface area contributed by atoms with E-state index in [9.17, 15) is 22.8 Å². The van der Waals surface area contributed by atoms with Crippen LogP contribution in [0.1, 0.15) is 47.2 Å². The molecule has 3 aromatic carbocycles. The van der Waals surface area contributed by atoms with Crippen molar-refractivity contribution < 1.29 is 32.2 Å². The number of esters is 1. The second-order valence-electron chi connectivity index (χ2n) is 10.3. The Morgan fingerprint density at radius 1 is 0.905 bits per heavy atom. The fourth-order valence-corrected chi connectivity index (χ4v) is 5.04. The fourth-order valence-electron chi connectivity index (χ4n) is 5.04. The quantitative estimate of drug-likeness (QED) is 0.178. The number of hydrogen-bond acceptors (Lipinski definition) is 6. The van der Waals surface area contributed by atoms with Crippen molar-refractivity contribution in [3.05, 3.63) is 95.6 Å². The van der Waals surface area contributed by atoms with Gasteiger partial charge in [0.1, 0.15) is 23.9 Å².